The summed E-state index contributed by atoms with van der Waals surface area (Å²) in [6.07, 6.45) is 3.04. The summed E-state index contributed by atoms with van der Waals surface area (Å²) in [5, 5.41) is 33.7. The van der Waals surface area contributed by atoms with E-state index in [1.54, 1.807) is 39.0 Å². The highest BCUT2D eigenvalue weighted by Crippen LogP contribution is 2.71. The first-order valence-electron chi connectivity index (χ1n) is 11.2. The highest BCUT2D eigenvalue weighted by molar-refractivity contribution is 5.96. The van der Waals surface area contributed by atoms with Crippen LogP contribution in [0.2, 0.25) is 0 Å². The van der Waals surface area contributed by atoms with Gasteiger partial charge in [0.05, 0.1) is 12.0 Å². The van der Waals surface area contributed by atoms with Gasteiger partial charge in [-0.1, -0.05) is 39.0 Å². The van der Waals surface area contributed by atoms with E-state index in [9.17, 15) is 24.9 Å². The van der Waals surface area contributed by atoms with Crippen LogP contribution in [0.3, 0.4) is 0 Å². The smallest absolute Gasteiger partial charge is 0.334 e. The number of hydrogen-bond donors (Lipinski definition) is 3. The molecule has 3 N–H and O–H groups in total. The number of hydrogen-bond acceptors (Lipinski definition) is 6. The molecule has 0 saturated heterocycles. The van der Waals surface area contributed by atoms with Crippen LogP contribution in [0, 0.1) is 34.5 Å². The van der Waals surface area contributed by atoms with E-state index < -0.39 is 41.7 Å². The second-order valence-electron chi connectivity index (χ2n) is 10.6. The highest BCUT2D eigenvalue weighted by atomic mass is 16.6. The van der Waals surface area contributed by atoms with Crippen molar-refractivity contribution in [3.05, 3.63) is 34.9 Å². The molecule has 170 valence electrons. The number of carbonyl (C=O) groups excluding carboxylic acids is 2. The maximum Gasteiger partial charge on any atom is 0.334 e. The first kappa shape index (κ1) is 22.4. The summed E-state index contributed by atoms with van der Waals surface area (Å²) < 4.78 is 5.72. The Hall–Kier alpha value is -1.76. The normalized spacial score (nSPS) is 45.6. The third-order valence-corrected chi connectivity index (χ3v) is 8.88. The Bertz CT molecular complexity index is 926. The molecule has 0 amide bonds. The predicted octanol–water partition coefficient (Wildman–Crippen LogP) is 2.33. The number of fused-ring (bicyclic) bond motifs is 3. The van der Waals surface area contributed by atoms with Gasteiger partial charge in [0, 0.05) is 11.5 Å². The molecule has 4 rings (SSSR count). The summed E-state index contributed by atoms with van der Waals surface area (Å²) in [6, 6.07) is 0. The molecule has 8 atom stereocenters. The lowest BCUT2D eigenvalue weighted by atomic mass is 9.59. The molecule has 0 aliphatic heterocycles. The van der Waals surface area contributed by atoms with Crippen molar-refractivity contribution in [2.75, 3.05) is 6.61 Å². The van der Waals surface area contributed by atoms with E-state index in [0.29, 0.717) is 17.1 Å². The molecule has 0 aromatic heterocycles. The number of ketones is 1. The highest BCUT2D eigenvalue weighted by Gasteiger charge is 2.76. The van der Waals surface area contributed by atoms with Crippen LogP contribution in [0.5, 0.6) is 0 Å². The number of esters is 1. The molecule has 1 spiro atoms. The number of rotatable bonds is 3. The molecular weight excluding hydrogens is 396 g/mol. The first-order valence-corrected chi connectivity index (χ1v) is 11.2. The molecule has 2 unspecified atom stereocenters. The van der Waals surface area contributed by atoms with Crippen LogP contribution in [0.15, 0.2) is 34.9 Å². The quantitative estimate of drug-likeness (QED) is 0.361. The number of Topliss-reactive ketones (excluding diaryl/α,β-unsaturated/α-hetero) is 1. The van der Waals surface area contributed by atoms with E-state index in [1.165, 1.54) is 0 Å². The van der Waals surface area contributed by atoms with Gasteiger partial charge in [0.15, 0.2) is 17.5 Å². The molecule has 2 saturated carbocycles. The molecule has 6 nitrogen and oxygen atoms in total. The maximum absolute atomic E-state index is 14.2. The van der Waals surface area contributed by atoms with Crippen LogP contribution >= 0.6 is 0 Å². The Labute approximate surface area is 183 Å². The fraction of sp³-hybridized carbons (Fsp3) is 0.680. The third kappa shape index (κ3) is 2.61. The molecule has 4 aliphatic rings. The molecule has 0 radical (unpaired) electrons. The van der Waals surface area contributed by atoms with E-state index in [4.69, 9.17) is 4.74 Å². The van der Waals surface area contributed by atoms with Crippen molar-refractivity contribution in [3.63, 3.8) is 0 Å². The Balaban J connectivity index is 1.91. The molecule has 6 heteroatoms. The van der Waals surface area contributed by atoms with Gasteiger partial charge in [0.2, 0.25) is 0 Å². The summed E-state index contributed by atoms with van der Waals surface area (Å²) in [7, 11) is 0. The Morgan fingerprint density at radius 2 is 2.00 bits per heavy atom. The average molecular weight is 431 g/mol. The largest absolute Gasteiger partial charge is 0.451 e. The van der Waals surface area contributed by atoms with E-state index >= 15 is 0 Å². The summed E-state index contributed by atoms with van der Waals surface area (Å²) in [6.45, 7) is 10.8. The Morgan fingerprint density at radius 1 is 1.35 bits per heavy atom. The van der Waals surface area contributed by atoms with E-state index in [-0.39, 0.29) is 28.6 Å². The van der Waals surface area contributed by atoms with Gasteiger partial charge in [-0.05, 0) is 61.5 Å². The maximum atomic E-state index is 14.2. The minimum atomic E-state index is -2.08. The molecular formula is C25H34O6. The zero-order valence-corrected chi connectivity index (χ0v) is 19.2. The van der Waals surface area contributed by atoms with Crippen LogP contribution in [-0.4, -0.2) is 51.5 Å². The second kappa shape index (κ2) is 6.87. The standard InChI is InChI=1S/C25H34O6/c1-7-12(2)22(29)31-21-13(3)10-24-14(4)8-17-18(23(17,5)6)16(20(24)28)9-15(11-26)19(27)25(21,24)30/h7,9-10,14,16-19,21,26-27,30H,8,11H2,1-6H3/b12-7-/t14?,16-,17+,18-,19+,21-,24?,25-/m0/s1. The van der Waals surface area contributed by atoms with Crippen molar-refractivity contribution in [1.29, 1.82) is 0 Å². The Morgan fingerprint density at radius 3 is 2.58 bits per heavy atom. The van der Waals surface area contributed by atoms with Gasteiger partial charge in [-0.2, -0.15) is 0 Å². The minimum Gasteiger partial charge on any atom is -0.451 e. The molecule has 2 fully saturated rings. The summed E-state index contributed by atoms with van der Waals surface area (Å²) in [5.74, 6) is -1.13. The SMILES string of the molecule is C/C=C(/C)C(=O)O[C@H]1C(C)=CC23C(=O)[C@@H](C=C(CO)[C@@H](O)[C@]12O)[C@H]1[C@@H](CC3C)C1(C)C. The van der Waals surface area contributed by atoms with Gasteiger partial charge in [-0.25, -0.2) is 4.79 Å². The van der Waals surface area contributed by atoms with E-state index in [1.807, 2.05) is 6.92 Å². The van der Waals surface area contributed by atoms with Gasteiger partial charge in [0.1, 0.15) is 6.10 Å². The molecule has 2 bridgehead atoms. The van der Waals surface area contributed by atoms with Crippen molar-refractivity contribution in [1.82, 2.24) is 0 Å². The number of aliphatic hydroxyl groups is 3. The van der Waals surface area contributed by atoms with Gasteiger partial charge in [-0.15, -0.1) is 0 Å². The monoisotopic (exact) mass is 430 g/mol. The lowest BCUT2D eigenvalue weighted by molar-refractivity contribution is -0.201. The molecule has 31 heavy (non-hydrogen) atoms. The zero-order valence-electron chi connectivity index (χ0n) is 19.2. The minimum absolute atomic E-state index is 0.0209. The molecule has 0 heterocycles. The van der Waals surface area contributed by atoms with Gasteiger partial charge >= 0.3 is 5.97 Å². The van der Waals surface area contributed by atoms with Crippen molar-refractivity contribution in [2.24, 2.45) is 34.5 Å². The topological polar surface area (TPSA) is 104 Å². The summed E-state index contributed by atoms with van der Waals surface area (Å²) in [5.41, 5.74) is -2.36. The first-order chi connectivity index (χ1) is 14.4. The van der Waals surface area contributed by atoms with Crippen molar-refractivity contribution >= 4 is 11.8 Å². The number of ether oxygens (including phenoxy) is 1. The third-order valence-electron chi connectivity index (χ3n) is 8.88. The lowest BCUT2D eigenvalue weighted by Gasteiger charge is -2.48. The van der Waals surface area contributed by atoms with Crippen LogP contribution in [0.4, 0.5) is 0 Å². The fourth-order valence-electron chi connectivity index (χ4n) is 6.91. The number of allylic oxidation sites excluding steroid dienone is 2. The van der Waals surface area contributed by atoms with Gasteiger partial charge in [0.25, 0.3) is 0 Å². The lowest BCUT2D eigenvalue weighted by Crippen LogP contribution is -2.65. The summed E-state index contributed by atoms with van der Waals surface area (Å²) in [4.78, 5) is 26.8. The zero-order chi connectivity index (χ0) is 23.1. The molecule has 4 aliphatic carbocycles. The predicted molar refractivity (Wildman–Crippen MR) is 115 cm³/mol. The van der Waals surface area contributed by atoms with Crippen molar-refractivity contribution < 1.29 is 29.6 Å². The van der Waals surface area contributed by atoms with Crippen LogP contribution in [0.25, 0.3) is 0 Å². The molecule has 0 aromatic carbocycles. The van der Waals surface area contributed by atoms with Crippen LogP contribution in [0.1, 0.15) is 48.0 Å². The van der Waals surface area contributed by atoms with E-state index in [2.05, 4.69) is 13.8 Å². The van der Waals surface area contributed by atoms with Gasteiger partial charge in [-0.3, -0.25) is 4.79 Å². The number of aliphatic hydroxyl groups excluding tert-OH is 2. The summed E-state index contributed by atoms with van der Waals surface area (Å²) >= 11 is 0. The van der Waals surface area contributed by atoms with Crippen molar-refractivity contribution in [3.8, 4) is 0 Å². The fourth-order valence-corrected chi connectivity index (χ4v) is 6.91. The van der Waals surface area contributed by atoms with Gasteiger partial charge < -0.3 is 20.1 Å². The molecule has 0 aromatic rings. The Kier molecular flexibility index (Phi) is 4.97. The van der Waals surface area contributed by atoms with Crippen molar-refractivity contribution in [2.45, 2.75) is 65.8 Å². The average Bonchev–Trinajstić information content (AvgIpc) is 3.21. The van der Waals surface area contributed by atoms with E-state index in [0.717, 1.165) is 6.42 Å². The second-order valence-corrected chi connectivity index (χ2v) is 10.6. The van der Waals surface area contributed by atoms with Crippen LogP contribution in [-0.2, 0) is 14.3 Å². The number of carbonyl (C=O) groups is 2. The van der Waals surface area contributed by atoms with Crippen LogP contribution < -0.4 is 0 Å².